The van der Waals surface area contributed by atoms with Crippen molar-refractivity contribution in [3.63, 3.8) is 0 Å². The van der Waals surface area contributed by atoms with Crippen LogP contribution >= 0.6 is 0 Å². The minimum Gasteiger partial charge on any atom is -0.337 e. The summed E-state index contributed by atoms with van der Waals surface area (Å²) in [5, 5.41) is 17.8. The number of amides is 1. The molecule has 2 aromatic carbocycles. The average molecular weight is 450 g/mol. The van der Waals surface area contributed by atoms with E-state index in [2.05, 4.69) is 25.3 Å². The van der Waals surface area contributed by atoms with Gasteiger partial charge in [-0.25, -0.2) is 0 Å². The fourth-order valence-electron chi connectivity index (χ4n) is 3.89. The molecule has 0 radical (unpaired) electrons. The highest BCUT2D eigenvalue weighted by Gasteiger charge is 2.30. The molecule has 1 aliphatic heterocycles. The monoisotopic (exact) mass is 450 g/mol. The Morgan fingerprint density at radius 1 is 1.06 bits per heavy atom. The zero-order chi connectivity index (χ0) is 23.4. The maximum atomic E-state index is 12.7. The number of nitro benzene ring substituents is 1. The Kier molecular flexibility index (Phi) is 6.76. The van der Waals surface area contributed by atoms with E-state index in [1.54, 1.807) is 12.1 Å². The number of anilines is 1. The van der Waals surface area contributed by atoms with Crippen LogP contribution in [0, 0.1) is 10.1 Å². The van der Waals surface area contributed by atoms with Gasteiger partial charge in [-0.3, -0.25) is 24.7 Å². The summed E-state index contributed by atoms with van der Waals surface area (Å²) in [6.07, 6.45) is 0. The van der Waals surface area contributed by atoms with E-state index >= 15 is 0 Å². The van der Waals surface area contributed by atoms with Gasteiger partial charge in [0.2, 0.25) is 17.6 Å². The van der Waals surface area contributed by atoms with Gasteiger partial charge in [0.15, 0.2) is 0 Å². The third-order valence-electron chi connectivity index (χ3n) is 5.98. The Balaban J connectivity index is 1.32. The molecule has 2 atom stereocenters. The van der Waals surface area contributed by atoms with Crippen molar-refractivity contribution in [2.75, 3.05) is 31.5 Å². The predicted octanol–water partition coefficient (Wildman–Crippen LogP) is 3.35. The molecule has 0 aliphatic carbocycles. The molecule has 172 valence electrons. The Bertz CT molecular complexity index is 1110. The molecule has 0 saturated carbocycles. The number of aromatic nitrogens is 2. The van der Waals surface area contributed by atoms with Crippen molar-refractivity contribution in [1.82, 2.24) is 19.9 Å². The van der Waals surface area contributed by atoms with Crippen LogP contribution in [-0.2, 0) is 4.79 Å². The fraction of sp³-hybridized carbons (Fsp3) is 0.348. The van der Waals surface area contributed by atoms with Crippen LogP contribution in [0.1, 0.15) is 25.8 Å². The second-order valence-corrected chi connectivity index (χ2v) is 8.04. The molecule has 1 N–H and O–H groups in total. The summed E-state index contributed by atoms with van der Waals surface area (Å²) in [5.41, 5.74) is 1.27. The number of nitrogens with one attached hydrogen (secondary N) is 1. The molecular weight excluding hydrogens is 424 g/mol. The first-order chi connectivity index (χ1) is 15.9. The van der Waals surface area contributed by atoms with E-state index in [-0.39, 0.29) is 23.7 Å². The quantitative estimate of drug-likeness (QED) is 0.430. The Morgan fingerprint density at radius 2 is 1.76 bits per heavy atom. The number of carbonyl (C=O) groups excluding carboxylic acids is 1. The number of rotatable bonds is 7. The van der Waals surface area contributed by atoms with Gasteiger partial charge in [-0.05, 0) is 19.9 Å². The lowest BCUT2D eigenvalue weighted by atomic mass is 10.1. The topological polar surface area (TPSA) is 118 Å². The predicted molar refractivity (Wildman–Crippen MR) is 122 cm³/mol. The van der Waals surface area contributed by atoms with E-state index in [0.29, 0.717) is 30.5 Å². The Labute approximate surface area is 191 Å². The van der Waals surface area contributed by atoms with E-state index in [1.165, 1.54) is 12.1 Å². The smallest absolute Gasteiger partial charge is 0.271 e. The molecule has 0 bridgehead atoms. The minimum atomic E-state index is -0.480. The lowest BCUT2D eigenvalue weighted by Gasteiger charge is -2.39. The van der Waals surface area contributed by atoms with Crippen molar-refractivity contribution < 1.29 is 14.2 Å². The summed E-state index contributed by atoms with van der Waals surface area (Å²) >= 11 is 0. The summed E-state index contributed by atoms with van der Waals surface area (Å²) < 4.78 is 5.51. The van der Waals surface area contributed by atoms with Crippen molar-refractivity contribution in [2.45, 2.75) is 25.9 Å². The van der Waals surface area contributed by atoms with Gasteiger partial charge in [-0.2, -0.15) is 4.98 Å². The van der Waals surface area contributed by atoms with Crippen LogP contribution in [0.2, 0.25) is 0 Å². The average Bonchev–Trinajstić information content (AvgIpc) is 3.34. The summed E-state index contributed by atoms with van der Waals surface area (Å²) in [6.45, 7) is 6.78. The van der Waals surface area contributed by atoms with Crippen LogP contribution in [0.5, 0.6) is 0 Å². The number of nitro groups is 1. The molecule has 1 saturated heterocycles. The first kappa shape index (κ1) is 22.6. The van der Waals surface area contributed by atoms with Gasteiger partial charge in [0, 0.05) is 49.6 Å². The number of benzene rings is 2. The molecule has 3 aromatic rings. The highest BCUT2D eigenvalue weighted by molar-refractivity contribution is 5.94. The standard InChI is InChI=1S/C23H26N6O4/c1-16(22(30)24-19-9-6-10-20(15-19)29(31)32)27-11-13-28(14-12-27)17(2)23-25-21(26-33-23)18-7-4-3-5-8-18/h3-10,15-17H,11-14H2,1-2H3,(H,24,30)/t16-,17-/m1/s1. The number of piperazine rings is 1. The molecule has 1 amide bonds. The highest BCUT2D eigenvalue weighted by atomic mass is 16.6. The molecule has 0 unspecified atom stereocenters. The van der Waals surface area contributed by atoms with Gasteiger partial charge in [0.25, 0.3) is 5.69 Å². The molecule has 2 heterocycles. The van der Waals surface area contributed by atoms with E-state index in [4.69, 9.17) is 4.52 Å². The second-order valence-electron chi connectivity index (χ2n) is 8.04. The van der Waals surface area contributed by atoms with Crippen LogP contribution < -0.4 is 5.32 Å². The molecule has 1 aliphatic rings. The SMILES string of the molecule is C[C@H](C(=O)Nc1cccc([N+](=O)[O-])c1)N1CCN([C@H](C)c2nc(-c3ccccc3)no2)CC1. The number of hydrogen-bond acceptors (Lipinski definition) is 8. The summed E-state index contributed by atoms with van der Waals surface area (Å²) in [4.78, 5) is 32.1. The Hall–Kier alpha value is -3.63. The number of hydrogen-bond donors (Lipinski definition) is 1. The molecule has 0 spiro atoms. The van der Waals surface area contributed by atoms with Gasteiger partial charge in [-0.15, -0.1) is 0 Å². The van der Waals surface area contributed by atoms with Crippen molar-refractivity contribution in [3.8, 4) is 11.4 Å². The van der Waals surface area contributed by atoms with Gasteiger partial charge >= 0.3 is 0 Å². The first-order valence-corrected chi connectivity index (χ1v) is 10.8. The normalized spacial score (nSPS) is 16.8. The van der Waals surface area contributed by atoms with Crippen LogP contribution in [0.3, 0.4) is 0 Å². The molecule has 10 heteroatoms. The minimum absolute atomic E-state index is 0.0360. The zero-order valence-electron chi connectivity index (χ0n) is 18.5. The number of carbonyl (C=O) groups is 1. The molecule has 10 nitrogen and oxygen atoms in total. The number of nitrogens with zero attached hydrogens (tertiary/aromatic N) is 5. The third-order valence-corrected chi connectivity index (χ3v) is 5.98. The van der Waals surface area contributed by atoms with Crippen LogP contribution in [-0.4, -0.2) is 63.0 Å². The van der Waals surface area contributed by atoms with Crippen molar-refractivity contribution >= 4 is 17.3 Å². The second kappa shape index (κ2) is 9.88. The first-order valence-electron chi connectivity index (χ1n) is 10.8. The molecule has 33 heavy (non-hydrogen) atoms. The van der Waals surface area contributed by atoms with E-state index in [1.807, 2.05) is 44.2 Å². The largest absolute Gasteiger partial charge is 0.337 e. The van der Waals surface area contributed by atoms with Crippen LogP contribution in [0.25, 0.3) is 11.4 Å². The van der Waals surface area contributed by atoms with Crippen LogP contribution in [0.4, 0.5) is 11.4 Å². The molecule has 1 aromatic heterocycles. The van der Waals surface area contributed by atoms with E-state index in [0.717, 1.165) is 18.7 Å². The van der Waals surface area contributed by atoms with Gasteiger partial charge < -0.3 is 9.84 Å². The van der Waals surface area contributed by atoms with Gasteiger partial charge in [0.1, 0.15) is 0 Å². The lowest BCUT2D eigenvalue weighted by molar-refractivity contribution is -0.384. The van der Waals surface area contributed by atoms with Crippen molar-refractivity contribution in [2.24, 2.45) is 0 Å². The number of non-ortho nitro benzene ring substituents is 1. The zero-order valence-corrected chi connectivity index (χ0v) is 18.5. The lowest BCUT2D eigenvalue weighted by Crippen LogP contribution is -2.53. The maximum Gasteiger partial charge on any atom is 0.271 e. The summed E-state index contributed by atoms with van der Waals surface area (Å²) in [5.74, 6) is 0.947. The maximum absolute atomic E-state index is 12.7. The van der Waals surface area contributed by atoms with Crippen LogP contribution in [0.15, 0.2) is 59.1 Å². The van der Waals surface area contributed by atoms with E-state index < -0.39 is 4.92 Å². The van der Waals surface area contributed by atoms with Gasteiger partial charge in [-0.1, -0.05) is 41.6 Å². The molecular formula is C23H26N6O4. The summed E-state index contributed by atoms with van der Waals surface area (Å²) in [7, 11) is 0. The molecule has 1 fully saturated rings. The molecule has 4 rings (SSSR count). The van der Waals surface area contributed by atoms with Crippen molar-refractivity contribution in [1.29, 1.82) is 0 Å². The van der Waals surface area contributed by atoms with Crippen molar-refractivity contribution in [3.05, 3.63) is 70.6 Å². The third kappa shape index (κ3) is 5.24. The summed E-state index contributed by atoms with van der Waals surface area (Å²) in [6, 6.07) is 15.2. The van der Waals surface area contributed by atoms with E-state index in [9.17, 15) is 14.9 Å². The fourth-order valence-corrected chi connectivity index (χ4v) is 3.89. The van der Waals surface area contributed by atoms with Gasteiger partial charge in [0.05, 0.1) is 17.0 Å². The highest BCUT2D eigenvalue weighted by Crippen LogP contribution is 2.24. The Morgan fingerprint density at radius 3 is 2.45 bits per heavy atom.